The molecule has 2 rings (SSSR count). The fourth-order valence-electron chi connectivity index (χ4n) is 1.63. The highest BCUT2D eigenvalue weighted by molar-refractivity contribution is 8.00. The number of thioether (sulfide) groups is 1. The topological polar surface area (TPSA) is 49.3 Å². The van der Waals surface area contributed by atoms with Gasteiger partial charge in [-0.25, -0.2) is 0 Å². The van der Waals surface area contributed by atoms with E-state index < -0.39 is 6.10 Å². The van der Waals surface area contributed by atoms with Crippen molar-refractivity contribution in [3.63, 3.8) is 0 Å². The summed E-state index contributed by atoms with van der Waals surface area (Å²) in [5.74, 6) is 0.631. The average molecular weight is 265 g/mol. The van der Waals surface area contributed by atoms with Gasteiger partial charge in [0.05, 0.1) is 11.4 Å². The zero-order chi connectivity index (χ0) is 13.0. The summed E-state index contributed by atoms with van der Waals surface area (Å²) in [6.07, 6.45) is 1.71. The Morgan fingerprint density at radius 3 is 2.72 bits per heavy atom. The second-order valence-electron chi connectivity index (χ2n) is 4.68. The normalized spacial score (nSPS) is 18.1. The minimum Gasteiger partial charge on any atom is -0.388 e. The van der Waals surface area contributed by atoms with Crippen LogP contribution in [0.2, 0.25) is 0 Å². The van der Waals surface area contributed by atoms with E-state index in [2.05, 4.69) is 5.32 Å². The number of benzene rings is 1. The lowest BCUT2D eigenvalue weighted by molar-refractivity contribution is -0.120. The van der Waals surface area contributed by atoms with Crippen molar-refractivity contribution in [2.75, 3.05) is 5.75 Å². The maximum atomic E-state index is 11.7. The number of carbonyl (C=O) groups is 1. The van der Waals surface area contributed by atoms with Gasteiger partial charge in [-0.15, -0.1) is 11.8 Å². The Morgan fingerprint density at radius 2 is 2.11 bits per heavy atom. The molecule has 0 heterocycles. The molecule has 0 saturated heterocycles. The average Bonchev–Trinajstić information content (AvgIpc) is 3.20. The molecule has 0 radical (unpaired) electrons. The van der Waals surface area contributed by atoms with E-state index in [0.29, 0.717) is 11.8 Å². The zero-order valence-corrected chi connectivity index (χ0v) is 11.3. The van der Waals surface area contributed by atoms with E-state index in [-0.39, 0.29) is 11.2 Å². The third-order valence-electron chi connectivity index (χ3n) is 2.98. The lowest BCUT2D eigenvalue weighted by Crippen LogP contribution is -2.32. The molecule has 0 spiro atoms. The van der Waals surface area contributed by atoms with Gasteiger partial charge < -0.3 is 10.4 Å². The standard InChI is InChI=1S/C14H19NO2S/c1-10(14(17)15-12-7-8-12)18-9-13(16)11-5-3-2-4-6-11/h2-6,10,12-13,16H,7-9H2,1H3,(H,15,17)/t10-,13+/m1/s1. The van der Waals surface area contributed by atoms with Gasteiger partial charge in [0.2, 0.25) is 5.91 Å². The van der Waals surface area contributed by atoms with Crippen molar-refractivity contribution < 1.29 is 9.90 Å². The molecule has 0 unspecified atom stereocenters. The van der Waals surface area contributed by atoms with Crippen molar-refractivity contribution in [1.82, 2.24) is 5.32 Å². The number of aliphatic hydroxyl groups is 1. The predicted molar refractivity (Wildman–Crippen MR) is 74.5 cm³/mol. The van der Waals surface area contributed by atoms with Crippen LogP contribution < -0.4 is 5.32 Å². The Balaban J connectivity index is 1.74. The van der Waals surface area contributed by atoms with E-state index in [9.17, 15) is 9.90 Å². The van der Waals surface area contributed by atoms with E-state index in [4.69, 9.17) is 0 Å². The molecular weight excluding hydrogens is 246 g/mol. The molecule has 0 aliphatic heterocycles. The summed E-state index contributed by atoms with van der Waals surface area (Å²) in [6, 6.07) is 9.95. The highest BCUT2D eigenvalue weighted by atomic mass is 32.2. The van der Waals surface area contributed by atoms with Gasteiger partial charge in [-0.3, -0.25) is 4.79 Å². The van der Waals surface area contributed by atoms with Crippen molar-refractivity contribution in [1.29, 1.82) is 0 Å². The fourth-order valence-corrected chi connectivity index (χ4v) is 2.51. The van der Waals surface area contributed by atoms with Crippen molar-refractivity contribution in [3.8, 4) is 0 Å². The van der Waals surface area contributed by atoms with Crippen molar-refractivity contribution in [2.45, 2.75) is 37.2 Å². The van der Waals surface area contributed by atoms with Gasteiger partial charge in [0, 0.05) is 11.8 Å². The molecule has 1 fully saturated rings. The van der Waals surface area contributed by atoms with Gasteiger partial charge in [-0.05, 0) is 25.3 Å². The van der Waals surface area contributed by atoms with Crippen molar-refractivity contribution in [3.05, 3.63) is 35.9 Å². The first-order valence-electron chi connectivity index (χ1n) is 6.32. The van der Waals surface area contributed by atoms with Gasteiger partial charge in [0.15, 0.2) is 0 Å². The van der Waals surface area contributed by atoms with Crippen molar-refractivity contribution in [2.24, 2.45) is 0 Å². The molecule has 18 heavy (non-hydrogen) atoms. The third kappa shape index (κ3) is 4.03. The smallest absolute Gasteiger partial charge is 0.233 e. The SMILES string of the molecule is C[C@@H](SC[C@H](O)c1ccccc1)C(=O)NC1CC1. The third-order valence-corrected chi connectivity index (χ3v) is 4.20. The lowest BCUT2D eigenvalue weighted by Gasteiger charge is -2.15. The monoisotopic (exact) mass is 265 g/mol. The maximum absolute atomic E-state index is 11.7. The molecular formula is C14H19NO2S. The van der Waals surface area contributed by atoms with Gasteiger partial charge in [0.1, 0.15) is 0 Å². The van der Waals surface area contributed by atoms with Gasteiger partial charge in [-0.1, -0.05) is 30.3 Å². The molecule has 1 amide bonds. The lowest BCUT2D eigenvalue weighted by atomic mass is 10.1. The van der Waals surface area contributed by atoms with Crippen LogP contribution in [0, 0.1) is 0 Å². The number of nitrogens with one attached hydrogen (secondary N) is 1. The van der Waals surface area contributed by atoms with Gasteiger partial charge >= 0.3 is 0 Å². The van der Waals surface area contributed by atoms with Crippen LogP contribution in [0.4, 0.5) is 0 Å². The number of aliphatic hydroxyl groups excluding tert-OH is 1. The van der Waals surface area contributed by atoms with E-state index >= 15 is 0 Å². The highest BCUT2D eigenvalue weighted by Gasteiger charge is 2.26. The number of hydrogen-bond donors (Lipinski definition) is 2. The van der Waals surface area contributed by atoms with E-state index in [1.165, 1.54) is 11.8 Å². The largest absolute Gasteiger partial charge is 0.388 e. The van der Waals surface area contributed by atoms with Crippen LogP contribution in [-0.2, 0) is 4.79 Å². The van der Waals surface area contributed by atoms with Gasteiger partial charge in [-0.2, -0.15) is 0 Å². The molecule has 0 bridgehead atoms. The van der Waals surface area contributed by atoms with Crippen LogP contribution in [0.3, 0.4) is 0 Å². The van der Waals surface area contributed by atoms with Crippen LogP contribution in [0.25, 0.3) is 0 Å². The molecule has 98 valence electrons. The summed E-state index contributed by atoms with van der Waals surface area (Å²) in [4.78, 5) is 11.7. The summed E-state index contributed by atoms with van der Waals surface area (Å²) in [5, 5.41) is 12.9. The van der Waals surface area contributed by atoms with E-state index in [1.54, 1.807) is 0 Å². The Bertz CT molecular complexity index is 392. The van der Waals surface area contributed by atoms with Crippen LogP contribution in [0.15, 0.2) is 30.3 Å². The molecule has 0 aromatic heterocycles. The molecule has 1 aliphatic rings. The number of carbonyl (C=O) groups excluding carboxylic acids is 1. The Kier molecular flexibility index (Phi) is 4.66. The Labute approximate surface area is 112 Å². The van der Waals surface area contributed by atoms with Crippen LogP contribution in [0.5, 0.6) is 0 Å². The number of amides is 1. The van der Waals surface area contributed by atoms with E-state index in [0.717, 1.165) is 18.4 Å². The quantitative estimate of drug-likeness (QED) is 0.828. The maximum Gasteiger partial charge on any atom is 0.233 e. The first-order valence-corrected chi connectivity index (χ1v) is 7.36. The summed E-state index contributed by atoms with van der Waals surface area (Å²) in [6.45, 7) is 1.89. The van der Waals surface area contributed by atoms with E-state index in [1.807, 2.05) is 37.3 Å². The fraction of sp³-hybridized carbons (Fsp3) is 0.500. The molecule has 2 N–H and O–H groups in total. The Morgan fingerprint density at radius 1 is 1.44 bits per heavy atom. The molecule has 2 atom stereocenters. The Hall–Kier alpha value is -1.00. The minimum atomic E-state index is -0.507. The molecule has 3 nitrogen and oxygen atoms in total. The summed E-state index contributed by atoms with van der Waals surface area (Å²) < 4.78 is 0. The summed E-state index contributed by atoms with van der Waals surface area (Å²) in [5.41, 5.74) is 0.903. The number of hydrogen-bond acceptors (Lipinski definition) is 3. The second kappa shape index (κ2) is 6.25. The van der Waals surface area contributed by atoms with Gasteiger partial charge in [0.25, 0.3) is 0 Å². The first-order chi connectivity index (χ1) is 8.66. The molecule has 4 heteroatoms. The zero-order valence-electron chi connectivity index (χ0n) is 10.5. The second-order valence-corrected chi connectivity index (χ2v) is 6.06. The van der Waals surface area contributed by atoms with Crippen molar-refractivity contribution >= 4 is 17.7 Å². The first kappa shape index (κ1) is 13.4. The summed E-state index contributed by atoms with van der Waals surface area (Å²) in [7, 11) is 0. The molecule has 1 aliphatic carbocycles. The van der Waals surface area contributed by atoms with Crippen LogP contribution >= 0.6 is 11.8 Å². The van der Waals surface area contributed by atoms with Crippen LogP contribution in [0.1, 0.15) is 31.4 Å². The minimum absolute atomic E-state index is 0.0859. The molecule has 1 aromatic rings. The summed E-state index contributed by atoms with van der Waals surface area (Å²) >= 11 is 1.50. The number of rotatable bonds is 6. The highest BCUT2D eigenvalue weighted by Crippen LogP contribution is 2.23. The predicted octanol–water partition coefficient (Wildman–Crippen LogP) is 2.12. The molecule has 1 saturated carbocycles. The van der Waals surface area contributed by atoms with Crippen LogP contribution in [-0.4, -0.2) is 28.1 Å². The molecule has 1 aromatic carbocycles.